The summed E-state index contributed by atoms with van der Waals surface area (Å²) in [5.74, 6) is 0.762. The van der Waals surface area contributed by atoms with Crippen molar-refractivity contribution in [2.45, 2.75) is 64.1 Å². The lowest BCUT2D eigenvalue weighted by Gasteiger charge is -2.43. The van der Waals surface area contributed by atoms with Crippen molar-refractivity contribution in [1.29, 1.82) is 0 Å². The third-order valence-electron chi connectivity index (χ3n) is 6.49. The minimum Gasteiger partial charge on any atom is -0.464 e. The van der Waals surface area contributed by atoms with E-state index < -0.39 is 11.6 Å². The molecule has 3 heterocycles. The van der Waals surface area contributed by atoms with E-state index >= 15 is 0 Å². The van der Waals surface area contributed by atoms with Crippen LogP contribution in [0.2, 0.25) is 0 Å². The van der Waals surface area contributed by atoms with Crippen LogP contribution in [0.1, 0.15) is 57.4 Å². The van der Waals surface area contributed by atoms with E-state index in [0.29, 0.717) is 31.4 Å². The number of ether oxygens (including phenoxy) is 2. The van der Waals surface area contributed by atoms with Gasteiger partial charge in [-0.05, 0) is 53.5 Å². The van der Waals surface area contributed by atoms with Gasteiger partial charge in [0.15, 0.2) is 5.69 Å². The van der Waals surface area contributed by atoms with Gasteiger partial charge in [-0.1, -0.05) is 0 Å². The number of carbonyl (C=O) groups is 2. The van der Waals surface area contributed by atoms with Crippen molar-refractivity contribution in [1.82, 2.24) is 20.2 Å². The second kappa shape index (κ2) is 8.96. The number of hydrogen-bond acceptors (Lipinski definition) is 9. The van der Waals surface area contributed by atoms with Gasteiger partial charge in [0.25, 0.3) is 0 Å². The third-order valence-corrected chi connectivity index (χ3v) is 6.49. The predicted molar refractivity (Wildman–Crippen MR) is 125 cm³/mol. The SMILES string of the molecule is COC(=O)c1cc(N2CCN(C(=O)OC(C)(C)C)C3(CC3)C2)nc(N2CCCNC[C@@H]2C)n1. The summed E-state index contributed by atoms with van der Waals surface area (Å²) in [5.41, 5.74) is -0.516. The van der Waals surface area contributed by atoms with E-state index in [1.807, 2.05) is 25.7 Å². The number of nitrogens with one attached hydrogen (secondary N) is 1. The van der Waals surface area contributed by atoms with Crippen LogP contribution in [0.15, 0.2) is 6.07 Å². The number of esters is 1. The average Bonchev–Trinajstić information content (AvgIpc) is 3.55. The lowest BCUT2D eigenvalue weighted by molar-refractivity contribution is 0.0106. The third kappa shape index (κ3) is 5.15. The summed E-state index contributed by atoms with van der Waals surface area (Å²) in [5, 5.41) is 3.43. The molecule has 0 radical (unpaired) electrons. The summed E-state index contributed by atoms with van der Waals surface area (Å²) < 4.78 is 10.6. The Morgan fingerprint density at radius 3 is 2.61 bits per heavy atom. The van der Waals surface area contributed by atoms with Crippen LogP contribution in [0.3, 0.4) is 0 Å². The van der Waals surface area contributed by atoms with E-state index in [-0.39, 0.29) is 23.4 Å². The van der Waals surface area contributed by atoms with E-state index in [2.05, 4.69) is 27.0 Å². The molecule has 1 N–H and O–H groups in total. The molecule has 3 aliphatic rings. The van der Waals surface area contributed by atoms with Gasteiger partial charge in [0, 0.05) is 44.8 Å². The lowest BCUT2D eigenvalue weighted by atomic mass is 10.1. The molecular weight excluding hydrogens is 424 g/mol. The fourth-order valence-corrected chi connectivity index (χ4v) is 4.58. The van der Waals surface area contributed by atoms with Crippen molar-refractivity contribution in [3.63, 3.8) is 0 Å². The Labute approximate surface area is 195 Å². The van der Waals surface area contributed by atoms with Gasteiger partial charge in [-0.3, -0.25) is 4.90 Å². The fourth-order valence-electron chi connectivity index (χ4n) is 4.58. The quantitative estimate of drug-likeness (QED) is 0.679. The highest BCUT2D eigenvalue weighted by Gasteiger charge is 2.54. The number of aromatic nitrogens is 2. The maximum atomic E-state index is 12.8. The molecule has 1 atom stereocenters. The molecule has 182 valence electrons. The summed E-state index contributed by atoms with van der Waals surface area (Å²) in [7, 11) is 1.36. The molecule has 1 aromatic rings. The minimum atomic E-state index is -0.528. The molecule has 33 heavy (non-hydrogen) atoms. The standard InChI is InChI=1S/C23H36N6O4/c1-16-14-24-9-6-10-28(16)20-25-17(19(30)32-5)13-18(26-20)27-11-12-29(23(15-27)7-8-23)21(31)33-22(2,3)4/h13,16,24H,6-12,14-15H2,1-5H3/t16-/m0/s1. The molecule has 3 fully saturated rings. The molecule has 1 saturated carbocycles. The number of carbonyl (C=O) groups excluding carboxylic acids is 2. The van der Waals surface area contributed by atoms with E-state index in [0.717, 1.165) is 38.9 Å². The van der Waals surface area contributed by atoms with Crippen LogP contribution in [0.5, 0.6) is 0 Å². The first-order valence-electron chi connectivity index (χ1n) is 11.8. The van der Waals surface area contributed by atoms with Crippen LogP contribution in [0.25, 0.3) is 0 Å². The number of piperazine rings is 1. The Morgan fingerprint density at radius 1 is 1.18 bits per heavy atom. The van der Waals surface area contributed by atoms with Gasteiger partial charge in [0.1, 0.15) is 11.4 Å². The molecular formula is C23H36N6O4. The van der Waals surface area contributed by atoms with Gasteiger partial charge in [0.05, 0.1) is 12.6 Å². The molecule has 1 amide bonds. The molecule has 0 unspecified atom stereocenters. The summed E-state index contributed by atoms with van der Waals surface area (Å²) in [6, 6.07) is 1.90. The maximum absolute atomic E-state index is 12.8. The zero-order valence-electron chi connectivity index (χ0n) is 20.4. The Bertz CT molecular complexity index is 897. The fraction of sp³-hybridized carbons (Fsp3) is 0.739. The van der Waals surface area contributed by atoms with Gasteiger partial charge in [-0.15, -0.1) is 0 Å². The topological polar surface area (TPSA) is 100 Å². The molecule has 2 saturated heterocycles. The Balaban J connectivity index is 1.60. The number of methoxy groups -OCH3 is 1. The first-order valence-corrected chi connectivity index (χ1v) is 11.8. The van der Waals surface area contributed by atoms with Crippen LogP contribution in [-0.4, -0.2) is 90.5 Å². The van der Waals surface area contributed by atoms with Gasteiger partial charge in [0.2, 0.25) is 5.95 Å². The monoisotopic (exact) mass is 460 g/mol. The van der Waals surface area contributed by atoms with Crippen LogP contribution in [-0.2, 0) is 9.47 Å². The first kappa shape index (κ1) is 23.5. The van der Waals surface area contributed by atoms with Gasteiger partial charge < -0.3 is 24.6 Å². The Morgan fingerprint density at radius 2 is 1.94 bits per heavy atom. The van der Waals surface area contributed by atoms with Gasteiger partial charge in [-0.2, -0.15) is 4.98 Å². The van der Waals surface area contributed by atoms with Crippen molar-refractivity contribution >= 4 is 23.8 Å². The summed E-state index contributed by atoms with van der Waals surface area (Å²) in [6.07, 6.45) is 2.58. The van der Waals surface area contributed by atoms with Crippen LogP contribution in [0, 0.1) is 0 Å². The summed E-state index contributed by atoms with van der Waals surface area (Å²) >= 11 is 0. The van der Waals surface area contributed by atoms with Crippen LogP contribution < -0.4 is 15.1 Å². The number of rotatable bonds is 3. The normalized spacial score (nSPS) is 22.7. The lowest BCUT2D eigenvalue weighted by Crippen LogP contribution is -2.58. The predicted octanol–water partition coefficient (Wildman–Crippen LogP) is 2.04. The zero-order chi connectivity index (χ0) is 23.8. The summed E-state index contributed by atoms with van der Waals surface area (Å²) in [4.78, 5) is 40.8. The zero-order valence-corrected chi connectivity index (χ0v) is 20.4. The number of amides is 1. The molecule has 0 bridgehead atoms. The molecule has 10 heteroatoms. The van der Waals surface area contributed by atoms with E-state index in [1.54, 1.807) is 6.07 Å². The van der Waals surface area contributed by atoms with Crippen molar-refractivity contribution in [2.24, 2.45) is 0 Å². The Kier molecular flexibility index (Phi) is 6.39. The van der Waals surface area contributed by atoms with Gasteiger partial charge in [-0.25, -0.2) is 14.6 Å². The molecule has 10 nitrogen and oxygen atoms in total. The molecule has 0 aromatic carbocycles. The van der Waals surface area contributed by atoms with Gasteiger partial charge >= 0.3 is 12.1 Å². The molecule has 2 aliphatic heterocycles. The Hall–Kier alpha value is -2.62. The van der Waals surface area contributed by atoms with Crippen molar-refractivity contribution < 1.29 is 19.1 Å². The largest absolute Gasteiger partial charge is 0.464 e. The smallest absolute Gasteiger partial charge is 0.410 e. The molecule has 1 aromatic heterocycles. The number of hydrogen-bond donors (Lipinski definition) is 1. The number of nitrogens with zero attached hydrogens (tertiary/aromatic N) is 5. The van der Waals surface area contributed by atoms with Crippen molar-refractivity contribution in [3.05, 3.63) is 11.8 Å². The minimum absolute atomic E-state index is 0.201. The second-order valence-electron chi connectivity index (χ2n) is 10.3. The first-order chi connectivity index (χ1) is 15.6. The van der Waals surface area contributed by atoms with E-state index in [4.69, 9.17) is 14.5 Å². The highest BCUT2D eigenvalue weighted by atomic mass is 16.6. The maximum Gasteiger partial charge on any atom is 0.410 e. The highest BCUT2D eigenvalue weighted by molar-refractivity contribution is 5.88. The second-order valence-corrected chi connectivity index (χ2v) is 10.3. The number of anilines is 2. The highest BCUT2D eigenvalue weighted by Crippen LogP contribution is 2.45. The van der Waals surface area contributed by atoms with Crippen molar-refractivity contribution in [2.75, 3.05) is 56.2 Å². The van der Waals surface area contributed by atoms with Crippen LogP contribution in [0.4, 0.5) is 16.6 Å². The molecule has 1 aliphatic carbocycles. The molecule has 1 spiro atoms. The van der Waals surface area contributed by atoms with Crippen molar-refractivity contribution in [3.8, 4) is 0 Å². The van der Waals surface area contributed by atoms with Crippen LogP contribution >= 0.6 is 0 Å². The average molecular weight is 461 g/mol. The molecule has 4 rings (SSSR count). The summed E-state index contributed by atoms with van der Waals surface area (Å²) in [6.45, 7) is 12.2. The van der Waals surface area contributed by atoms with E-state index in [1.165, 1.54) is 7.11 Å². The van der Waals surface area contributed by atoms with E-state index in [9.17, 15) is 9.59 Å².